The first-order valence-electron chi connectivity index (χ1n) is 10.9. The Morgan fingerprint density at radius 2 is 1.76 bits per heavy atom. The molecule has 1 aliphatic rings. The summed E-state index contributed by atoms with van der Waals surface area (Å²) in [6, 6.07) is 14.0. The normalized spacial score (nSPS) is 16.3. The van der Waals surface area contributed by atoms with Crippen molar-refractivity contribution in [2.24, 2.45) is 5.73 Å². The molecule has 1 atom stereocenters. The van der Waals surface area contributed by atoms with Crippen molar-refractivity contribution in [1.82, 2.24) is 5.32 Å². The van der Waals surface area contributed by atoms with Gasteiger partial charge in [-0.05, 0) is 47.5 Å². The average molecular weight is 568 g/mol. The highest BCUT2D eigenvalue weighted by molar-refractivity contribution is 7.91. The van der Waals surface area contributed by atoms with E-state index in [0.717, 1.165) is 22.6 Å². The third kappa shape index (κ3) is 6.22. The molecule has 0 saturated carbocycles. The maximum Gasteiger partial charge on any atom is 0.254 e. The Bertz CT molecular complexity index is 1420. The summed E-state index contributed by atoms with van der Waals surface area (Å²) in [6.45, 7) is 0.0424. The number of hydrogen-bond donors (Lipinski definition) is 2. The van der Waals surface area contributed by atoms with E-state index in [-0.39, 0.29) is 31.2 Å². The third-order valence-corrected chi connectivity index (χ3v) is 7.81. The van der Waals surface area contributed by atoms with Gasteiger partial charge in [-0.1, -0.05) is 35.9 Å². The molecule has 1 aliphatic heterocycles. The lowest BCUT2D eigenvalue weighted by atomic mass is 10.1. The number of hydrogen-bond acceptors (Lipinski definition) is 6. The molecule has 0 aromatic heterocycles. The van der Waals surface area contributed by atoms with E-state index < -0.39 is 49.7 Å². The minimum Gasteiger partial charge on any atom is -0.497 e. The highest BCUT2D eigenvalue weighted by Crippen LogP contribution is 2.34. The zero-order valence-electron chi connectivity index (χ0n) is 19.6. The zero-order valence-corrected chi connectivity index (χ0v) is 22.0. The summed E-state index contributed by atoms with van der Waals surface area (Å²) in [4.78, 5) is 26.7. The van der Waals surface area contributed by atoms with Gasteiger partial charge in [0.05, 0.1) is 41.6 Å². The number of anilines is 1. The van der Waals surface area contributed by atoms with E-state index in [1.54, 1.807) is 48.5 Å². The smallest absolute Gasteiger partial charge is 0.254 e. The molecule has 0 saturated heterocycles. The van der Waals surface area contributed by atoms with E-state index in [0.29, 0.717) is 16.3 Å². The van der Waals surface area contributed by atoms with E-state index in [2.05, 4.69) is 5.32 Å². The van der Waals surface area contributed by atoms with Gasteiger partial charge in [-0.25, -0.2) is 12.8 Å². The van der Waals surface area contributed by atoms with Gasteiger partial charge >= 0.3 is 0 Å². The Labute approximate surface area is 224 Å². The van der Waals surface area contributed by atoms with Gasteiger partial charge < -0.3 is 20.7 Å². The summed E-state index contributed by atoms with van der Waals surface area (Å²) in [5.74, 6) is -2.50. The van der Waals surface area contributed by atoms with E-state index >= 15 is 4.39 Å². The van der Waals surface area contributed by atoms with Crippen molar-refractivity contribution < 1.29 is 27.1 Å². The number of nitrogens with two attached hydrogens (primary N) is 1. The van der Waals surface area contributed by atoms with Crippen LogP contribution in [-0.2, 0) is 27.7 Å². The highest BCUT2D eigenvalue weighted by atomic mass is 35.5. The quantitative estimate of drug-likeness (QED) is 0.470. The van der Waals surface area contributed by atoms with Crippen LogP contribution in [0.2, 0.25) is 5.02 Å². The fraction of sp³-hybridized carbons (Fsp3) is 0.200. The largest absolute Gasteiger partial charge is 0.497 e. The van der Waals surface area contributed by atoms with Crippen molar-refractivity contribution in [1.29, 1.82) is 0 Å². The number of carbonyl (C=O) groups excluding carboxylic acids is 2. The predicted octanol–water partition coefficient (Wildman–Crippen LogP) is 3.49. The number of methoxy groups -OCH3 is 1. The monoisotopic (exact) mass is 567 g/mol. The van der Waals surface area contributed by atoms with Crippen LogP contribution < -0.4 is 20.7 Å². The zero-order chi connectivity index (χ0) is 26.0. The van der Waals surface area contributed by atoms with E-state index in [4.69, 9.17) is 22.1 Å². The number of nitrogens with zero attached hydrogens (tertiary/aromatic N) is 1. The average Bonchev–Trinajstić information content (AvgIpc) is 2.92. The molecule has 196 valence electrons. The van der Waals surface area contributed by atoms with Crippen LogP contribution in [0.3, 0.4) is 0 Å². The lowest BCUT2D eigenvalue weighted by Gasteiger charge is -2.25. The second-order valence-corrected chi connectivity index (χ2v) is 10.7. The Morgan fingerprint density at radius 3 is 2.38 bits per heavy atom. The molecule has 37 heavy (non-hydrogen) atoms. The van der Waals surface area contributed by atoms with Crippen LogP contribution in [0.4, 0.5) is 10.1 Å². The maximum atomic E-state index is 15.0. The second-order valence-electron chi connectivity index (χ2n) is 8.27. The second kappa shape index (κ2) is 11.5. The van der Waals surface area contributed by atoms with Crippen LogP contribution in [0.1, 0.15) is 21.5 Å². The number of sulfone groups is 1. The SMILES string of the molecule is COc1ccc(CNC(=O)c2cc3c(cc2F)S(=O)(=O)C[C@H](N)C(=O)N3Cc2ccc(Cl)cc2)cc1.Cl. The van der Waals surface area contributed by atoms with Gasteiger partial charge in [-0.2, -0.15) is 0 Å². The minimum absolute atomic E-state index is 0. The van der Waals surface area contributed by atoms with Crippen molar-refractivity contribution in [3.05, 3.63) is 88.2 Å². The predicted molar refractivity (Wildman–Crippen MR) is 140 cm³/mol. The number of rotatable bonds is 6. The van der Waals surface area contributed by atoms with Gasteiger partial charge in [0.25, 0.3) is 5.91 Å². The molecule has 0 bridgehead atoms. The number of amides is 2. The summed E-state index contributed by atoms with van der Waals surface area (Å²) in [5.41, 5.74) is 6.77. The summed E-state index contributed by atoms with van der Waals surface area (Å²) >= 11 is 5.94. The van der Waals surface area contributed by atoms with E-state index in [1.807, 2.05) is 0 Å². The lowest BCUT2D eigenvalue weighted by Crippen LogP contribution is -2.45. The molecule has 3 aromatic rings. The van der Waals surface area contributed by atoms with Crippen LogP contribution >= 0.6 is 24.0 Å². The Hall–Kier alpha value is -3.18. The fourth-order valence-electron chi connectivity index (χ4n) is 3.85. The minimum atomic E-state index is -4.11. The van der Waals surface area contributed by atoms with Crippen LogP contribution in [0.25, 0.3) is 0 Å². The molecule has 12 heteroatoms. The molecule has 0 spiro atoms. The first-order valence-corrected chi connectivity index (χ1v) is 12.9. The molecule has 8 nitrogen and oxygen atoms in total. The van der Waals surface area contributed by atoms with Crippen LogP contribution in [0.5, 0.6) is 5.75 Å². The Balaban J connectivity index is 0.00000380. The van der Waals surface area contributed by atoms with Gasteiger partial charge in [0.15, 0.2) is 9.84 Å². The molecule has 0 fully saturated rings. The maximum absolute atomic E-state index is 15.0. The molecule has 1 heterocycles. The Morgan fingerprint density at radius 1 is 1.14 bits per heavy atom. The number of ether oxygens (including phenoxy) is 1. The molecule has 4 rings (SSSR count). The number of halogens is 3. The van der Waals surface area contributed by atoms with Crippen LogP contribution in [0, 0.1) is 5.82 Å². The molecular weight excluding hydrogens is 544 g/mol. The summed E-state index contributed by atoms with van der Waals surface area (Å²) in [7, 11) is -2.58. The van der Waals surface area contributed by atoms with Crippen molar-refractivity contribution >= 4 is 51.3 Å². The van der Waals surface area contributed by atoms with Gasteiger partial charge in [0.2, 0.25) is 5.91 Å². The molecule has 0 unspecified atom stereocenters. The highest BCUT2D eigenvalue weighted by Gasteiger charge is 2.37. The number of nitrogens with one attached hydrogen (secondary N) is 1. The molecule has 0 radical (unpaired) electrons. The topological polar surface area (TPSA) is 119 Å². The van der Waals surface area contributed by atoms with E-state index in [9.17, 15) is 18.0 Å². The van der Waals surface area contributed by atoms with Crippen molar-refractivity contribution in [3.8, 4) is 5.75 Å². The fourth-order valence-corrected chi connectivity index (χ4v) is 5.54. The summed E-state index contributed by atoms with van der Waals surface area (Å²) < 4.78 is 46.0. The Kier molecular flexibility index (Phi) is 8.80. The van der Waals surface area contributed by atoms with Crippen molar-refractivity contribution in [2.45, 2.75) is 24.0 Å². The first kappa shape index (κ1) is 28.4. The molecular formula is C25H24Cl2FN3O5S. The lowest BCUT2D eigenvalue weighted by molar-refractivity contribution is -0.119. The standard InChI is InChI=1S/C25H23ClFN3O5S.ClH/c1-35-18-8-4-15(5-9-18)12-29-24(31)19-10-22-23(11-20(19)27)36(33,34)14-21(28)25(32)30(22)13-16-2-6-17(26)7-3-16;/h2-11,21H,12-14,28H2,1H3,(H,29,31);1H/t21-;/m0./s1. The molecule has 3 aromatic carbocycles. The summed E-state index contributed by atoms with van der Waals surface area (Å²) in [5, 5.41) is 3.10. The van der Waals surface area contributed by atoms with Crippen LogP contribution in [-0.4, -0.2) is 39.1 Å². The van der Waals surface area contributed by atoms with Crippen molar-refractivity contribution in [2.75, 3.05) is 17.8 Å². The van der Waals surface area contributed by atoms with Gasteiger partial charge in [-0.15, -0.1) is 12.4 Å². The van der Waals surface area contributed by atoms with Crippen LogP contribution in [0.15, 0.2) is 65.6 Å². The molecule has 2 amide bonds. The van der Waals surface area contributed by atoms with Gasteiger partial charge in [0.1, 0.15) is 11.6 Å². The first-order chi connectivity index (χ1) is 17.1. The third-order valence-electron chi connectivity index (χ3n) is 5.77. The molecule has 0 aliphatic carbocycles. The summed E-state index contributed by atoms with van der Waals surface area (Å²) in [6.07, 6.45) is 0. The number of fused-ring (bicyclic) bond motifs is 1. The number of carbonyl (C=O) groups is 2. The molecule has 3 N–H and O–H groups in total. The number of benzene rings is 3. The van der Waals surface area contributed by atoms with E-state index in [1.165, 1.54) is 7.11 Å². The van der Waals surface area contributed by atoms with Gasteiger partial charge in [-0.3, -0.25) is 9.59 Å². The van der Waals surface area contributed by atoms with Gasteiger partial charge in [0, 0.05) is 11.6 Å². The van der Waals surface area contributed by atoms with Crippen molar-refractivity contribution in [3.63, 3.8) is 0 Å².